The molecule has 0 bridgehead atoms. The number of aromatic nitrogens is 5. The normalized spacial score (nSPS) is 12.1. The van der Waals surface area contributed by atoms with Gasteiger partial charge in [0.15, 0.2) is 0 Å². The van der Waals surface area contributed by atoms with Crippen molar-refractivity contribution in [3.05, 3.63) is 116 Å². The van der Waals surface area contributed by atoms with Crippen LogP contribution in [0.5, 0.6) is 0 Å². The first-order valence-corrected chi connectivity index (χ1v) is 13.9. The predicted molar refractivity (Wildman–Crippen MR) is 170 cm³/mol. The predicted octanol–water partition coefficient (Wildman–Crippen LogP) is 8.53. The van der Waals surface area contributed by atoms with Crippen LogP contribution in [0.3, 0.4) is 0 Å². The molecule has 5 nitrogen and oxygen atoms in total. The SMILES string of the molecule is Cn1c2ccncc2c2cnc(-c3ccc4c5cccc(-n6c7ccccc7c7ccccc76)c5n(C)c4c3)cc21. The number of rotatable bonds is 2. The summed E-state index contributed by atoms with van der Waals surface area (Å²) in [6, 6.07) is 35.0. The van der Waals surface area contributed by atoms with Gasteiger partial charge in [-0.25, -0.2) is 0 Å². The molecule has 0 radical (unpaired) electrons. The molecule has 9 aromatic rings. The van der Waals surface area contributed by atoms with Gasteiger partial charge in [-0.1, -0.05) is 60.7 Å². The van der Waals surface area contributed by atoms with Crippen molar-refractivity contribution in [1.29, 1.82) is 0 Å². The zero-order valence-electron chi connectivity index (χ0n) is 22.7. The monoisotopic (exact) mass is 527 g/mol. The first-order valence-electron chi connectivity index (χ1n) is 13.9. The lowest BCUT2D eigenvalue weighted by molar-refractivity contribution is 1.00. The Bertz CT molecular complexity index is 2450. The molecule has 0 spiro atoms. The molecule has 5 heterocycles. The van der Waals surface area contributed by atoms with Crippen LogP contribution in [0.2, 0.25) is 0 Å². The van der Waals surface area contributed by atoms with Crippen molar-refractivity contribution in [3.63, 3.8) is 0 Å². The molecular formula is C36H25N5. The quantitative estimate of drug-likeness (QED) is 0.226. The van der Waals surface area contributed by atoms with E-state index in [1.807, 2.05) is 18.6 Å². The lowest BCUT2D eigenvalue weighted by Gasteiger charge is -2.11. The second-order valence-electron chi connectivity index (χ2n) is 10.9. The molecule has 4 aromatic carbocycles. The van der Waals surface area contributed by atoms with Crippen molar-refractivity contribution in [1.82, 2.24) is 23.7 Å². The molecule has 0 aliphatic rings. The molecule has 0 aliphatic heterocycles. The zero-order chi connectivity index (χ0) is 27.2. The van der Waals surface area contributed by atoms with Crippen LogP contribution < -0.4 is 0 Å². The van der Waals surface area contributed by atoms with Crippen molar-refractivity contribution in [2.24, 2.45) is 14.1 Å². The van der Waals surface area contributed by atoms with Gasteiger partial charge in [-0.05, 0) is 36.4 Å². The molecule has 194 valence electrons. The Morgan fingerprint density at radius 2 is 1.20 bits per heavy atom. The van der Waals surface area contributed by atoms with Crippen LogP contribution in [0.4, 0.5) is 0 Å². The van der Waals surface area contributed by atoms with Crippen LogP contribution in [-0.4, -0.2) is 23.7 Å². The Kier molecular flexibility index (Phi) is 4.40. The van der Waals surface area contributed by atoms with E-state index in [2.05, 4.69) is 130 Å². The van der Waals surface area contributed by atoms with Crippen LogP contribution >= 0.6 is 0 Å². The average molecular weight is 528 g/mol. The number of hydrogen-bond acceptors (Lipinski definition) is 2. The number of para-hydroxylation sites is 3. The van der Waals surface area contributed by atoms with Crippen LogP contribution in [0.25, 0.3) is 82.4 Å². The van der Waals surface area contributed by atoms with E-state index in [-0.39, 0.29) is 0 Å². The lowest BCUT2D eigenvalue weighted by Crippen LogP contribution is -1.98. The number of aryl methyl sites for hydroxylation is 2. The molecule has 41 heavy (non-hydrogen) atoms. The summed E-state index contributed by atoms with van der Waals surface area (Å²) in [5.74, 6) is 0. The molecule has 0 fully saturated rings. The molecule has 5 heteroatoms. The minimum absolute atomic E-state index is 0.964. The number of nitrogens with zero attached hydrogens (tertiary/aromatic N) is 5. The summed E-state index contributed by atoms with van der Waals surface area (Å²) in [6.45, 7) is 0. The van der Waals surface area contributed by atoms with Gasteiger partial charge in [0.05, 0.1) is 39.0 Å². The Balaban J connectivity index is 1.29. The molecule has 9 rings (SSSR count). The second kappa shape index (κ2) is 8.05. The summed E-state index contributed by atoms with van der Waals surface area (Å²) < 4.78 is 6.98. The number of fused-ring (bicyclic) bond motifs is 9. The van der Waals surface area contributed by atoms with Crippen molar-refractivity contribution in [3.8, 4) is 16.9 Å². The first kappa shape index (κ1) is 22.4. The van der Waals surface area contributed by atoms with Gasteiger partial charge in [0.1, 0.15) is 0 Å². The van der Waals surface area contributed by atoms with Gasteiger partial charge in [-0.3, -0.25) is 9.97 Å². The van der Waals surface area contributed by atoms with E-state index in [9.17, 15) is 0 Å². The molecule has 0 saturated carbocycles. The molecular weight excluding hydrogens is 502 g/mol. The van der Waals surface area contributed by atoms with Gasteiger partial charge in [-0.15, -0.1) is 0 Å². The third-order valence-corrected chi connectivity index (χ3v) is 8.81. The van der Waals surface area contributed by atoms with E-state index in [4.69, 9.17) is 4.98 Å². The number of hydrogen-bond donors (Lipinski definition) is 0. The fraction of sp³-hybridized carbons (Fsp3) is 0.0556. The van der Waals surface area contributed by atoms with Crippen LogP contribution in [0, 0.1) is 0 Å². The van der Waals surface area contributed by atoms with Crippen molar-refractivity contribution >= 4 is 65.4 Å². The standard InChI is InChI=1S/C36H25N5/c1-39-30-16-17-37-20-27(30)28-21-38-29(19-35(28)39)22-14-15-25-26-10-7-13-33(36(26)40(2)34(25)18-22)41-31-11-5-3-8-23(31)24-9-4-6-12-32(24)41/h3-21H,1-2H3. The van der Waals surface area contributed by atoms with Crippen molar-refractivity contribution in [2.75, 3.05) is 0 Å². The Morgan fingerprint density at radius 1 is 0.512 bits per heavy atom. The lowest BCUT2D eigenvalue weighted by atomic mass is 10.1. The van der Waals surface area contributed by atoms with E-state index in [0.717, 1.165) is 33.1 Å². The second-order valence-corrected chi connectivity index (χ2v) is 10.9. The van der Waals surface area contributed by atoms with Crippen LogP contribution in [0.1, 0.15) is 0 Å². The topological polar surface area (TPSA) is 40.6 Å². The van der Waals surface area contributed by atoms with Crippen LogP contribution in [-0.2, 0) is 14.1 Å². The minimum atomic E-state index is 0.964. The number of benzene rings is 4. The minimum Gasteiger partial charge on any atom is -0.343 e. The van der Waals surface area contributed by atoms with E-state index in [1.165, 1.54) is 49.3 Å². The summed E-state index contributed by atoms with van der Waals surface area (Å²) in [6.07, 6.45) is 5.76. The molecule has 0 unspecified atom stereocenters. The highest BCUT2D eigenvalue weighted by Crippen LogP contribution is 2.39. The van der Waals surface area contributed by atoms with Gasteiger partial charge in [0.25, 0.3) is 0 Å². The summed E-state index contributed by atoms with van der Waals surface area (Å²) in [5, 5.41) is 7.29. The highest BCUT2D eigenvalue weighted by molar-refractivity contribution is 6.15. The Labute approximate surface area is 235 Å². The average Bonchev–Trinajstić information content (AvgIpc) is 3.62. The maximum atomic E-state index is 4.90. The summed E-state index contributed by atoms with van der Waals surface area (Å²) >= 11 is 0. The summed E-state index contributed by atoms with van der Waals surface area (Å²) in [4.78, 5) is 9.24. The molecule has 0 atom stereocenters. The third-order valence-electron chi connectivity index (χ3n) is 8.81. The van der Waals surface area contributed by atoms with Gasteiger partial charge in [-0.2, -0.15) is 0 Å². The Hall–Kier alpha value is -5.42. The third kappa shape index (κ3) is 2.95. The van der Waals surface area contributed by atoms with E-state index in [1.54, 1.807) is 0 Å². The first-order chi connectivity index (χ1) is 20.2. The molecule has 0 amide bonds. The van der Waals surface area contributed by atoms with Crippen LogP contribution in [0.15, 0.2) is 116 Å². The molecule has 0 saturated heterocycles. The maximum Gasteiger partial charge on any atom is 0.0733 e. The van der Waals surface area contributed by atoms with E-state index in [0.29, 0.717) is 0 Å². The Morgan fingerprint density at radius 3 is 2.00 bits per heavy atom. The smallest absolute Gasteiger partial charge is 0.0733 e. The van der Waals surface area contributed by atoms with Gasteiger partial charge >= 0.3 is 0 Å². The zero-order valence-corrected chi connectivity index (χ0v) is 22.7. The van der Waals surface area contributed by atoms with Crippen molar-refractivity contribution in [2.45, 2.75) is 0 Å². The molecule has 0 N–H and O–H groups in total. The van der Waals surface area contributed by atoms with E-state index < -0.39 is 0 Å². The van der Waals surface area contributed by atoms with Gasteiger partial charge < -0.3 is 13.7 Å². The van der Waals surface area contributed by atoms with E-state index >= 15 is 0 Å². The molecule has 5 aromatic heterocycles. The van der Waals surface area contributed by atoms with Gasteiger partial charge in [0, 0.05) is 76.1 Å². The summed E-state index contributed by atoms with van der Waals surface area (Å²) in [7, 11) is 4.29. The van der Waals surface area contributed by atoms with Gasteiger partial charge in [0.2, 0.25) is 0 Å². The number of pyridine rings is 2. The summed E-state index contributed by atoms with van der Waals surface area (Å²) in [5.41, 5.74) is 10.4. The maximum absolute atomic E-state index is 4.90. The highest BCUT2D eigenvalue weighted by Gasteiger charge is 2.18. The highest BCUT2D eigenvalue weighted by atomic mass is 15.0. The fourth-order valence-corrected chi connectivity index (χ4v) is 6.88. The molecule has 0 aliphatic carbocycles. The van der Waals surface area contributed by atoms with Crippen molar-refractivity contribution < 1.29 is 0 Å². The largest absolute Gasteiger partial charge is 0.343 e. The fourth-order valence-electron chi connectivity index (χ4n) is 6.88.